The van der Waals surface area contributed by atoms with Crippen LogP contribution in [0.15, 0.2) is 40.3 Å². The highest BCUT2D eigenvalue weighted by Crippen LogP contribution is 2.22. The van der Waals surface area contributed by atoms with Gasteiger partial charge in [0.05, 0.1) is 5.69 Å². The first-order valence-electron chi connectivity index (χ1n) is 6.59. The Labute approximate surface area is 136 Å². The van der Waals surface area contributed by atoms with E-state index in [0.717, 1.165) is 17.3 Å². The lowest BCUT2D eigenvalue weighted by molar-refractivity contribution is 0.845. The topological polar surface area (TPSA) is 45.8 Å². The van der Waals surface area contributed by atoms with Crippen molar-refractivity contribution in [3.05, 3.63) is 55.5 Å². The maximum atomic E-state index is 12.0. The van der Waals surface area contributed by atoms with E-state index in [1.165, 1.54) is 5.56 Å². The summed E-state index contributed by atoms with van der Waals surface area (Å²) in [7, 11) is 0. The second kappa shape index (κ2) is 7.26. The van der Waals surface area contributed by atoms with Gasteiger partial charge in [0.2, 0.25) is 0 Å². The Balaban J connectivity index is 2.30. The van der Waals surface area contributed by atoms with Gasteiger partial charge in [0.15, 0.2) is 5.16 Å². The summed E-state index contributed by atoms with van der Waals surface area (Å²) in [5.41, 5.74) is 1.98. The Kier molecular flexibility index (Phi) is 5.65. The zero-order valence-electron chi connectivity index (χ0n) is 11.5. The zero-order valence-corrected chi connectivity index (χ0v) is 14.5. The summed E-state index contributed by atoms with van der Waals surface area (Å²) in [6.45, 7) is 4.27. The molecule has 5 heteroatoms. The fourth-order valence-electron chi connectivity index (χ4n) is 1.72. The first kappa shape index (κ1) is 15.6. The second-order valence-electron chi connectivity index (χ2n) is 4.63. The van der Waals surface area contributed by atoms with E-state index in [1.54, 1.807) is 11.8 Å². The van der Waals surface area contributed by atoms with E-state index < -0.39 is 0 Å². The highest BCUT2D eigenvalue weighted by molar-refractivity contribution is 14.1. The molecule has 0 aliphatic carbocycles. The third-order valence-corrected chi connectivity index (χ3v) is 5.28. The van der Waals surface area contributed by atoms with E-state index >= 15 is 0 Å². The van der Waals surface area contributed by atoms with Crippen molar-refractivity contribution in [1.29, 1.82) is 0 Å². The van der Waals surface area contributed by atoms with Gasteiger partial charge in [-0.05, 0) is 34.6 Å². The van der Waals surface area contributed by atoms with Gasteiger partial charge in [-0.1, -0.05) is 55.9 Å². The average molecular weight is 400 g/mol. The Bertz CT molecular complexity index is 628. The lowest BCUT2D eigenvalue weighted by Crippen LogP contribution is -2.17. The molecule has 0 radical (unpaired) electrons. The maximum absolute atomic E-state index is 12.0. The van der Waals surface area contributed by atoms with Crippen molar-refractivity contribution < 1.29 is 0 Å². The molecule has 1 heterocycles. The minimum atomic E-state index is -0.0441. The third kappa shape index (κ3) is 4.09. The molecule has 1 aromatic heterocycles. The quantitative estimate of drug-likeness (QED) is 0.471. The van der Waals surface area contributed by atoms with Crippen LogP contribution >= 0.6 is 34.4 Å². The number of H-pyrrole nitrogens is 1. The number of thioether (sulfide) groups is 1. The largest absolute Gasteiger partial charge is 0.301 e. The van der Waals surface area contributed by atoms with Crippen molar-refractivity contribution in [3.8, 4) is 0 Å². The van der Waals surface area contributed by atoms with Crippen molar-refractivity contribution in [2.45, 2.75) is 37.1 Å². The molecule has 1 aromatic carbocycles. The molecule has 106 valence electrons. The average Bonchev–Trinajstić information content (AvgIpc) is 2.45. The number of benzene rings is 1. The summed E-state index contributed by atoms with van der Waals surface area (Å²) in [4.78, 5) is 19.5. The highest BCUT2D eigenvalue weighted by atomic mass is 127. The molecular formula is C15H17IN2OS. The molecule has 2 rings (SSSR count). The van der Waals surface area contributed by atoms with Crippen molar-refractivity contribution in [2.24, 2.45) is 0 Å². The minimum absolute atomic E-state index is 0.0441. The van der Waals surface area contributed by atoms with Crippen LogP contribution in [-0.2, 0) is 6.42 Å². The lowest BCUT2D eigenvalue weighted by atomic mass is 10.1. The van der Waals surface area contributed by atoms with Gasteiger partial charge in [0, 0.05) is 11.7 Å². The van der Waals surface area contributed by atoms with Gasteiger partial charge in [0.1, 0.15) is 3.57 Å². The van der Waals surface area contributed by atoms with E-state index in [2.05, 4.69) is 58.5 Å². The summed E-state index contributed by atoms with van der Waals surface area (Å²) in [6.07, 6.45) is 1.74. The molecule has 0 saturated heterocycles. The molecule has 0 aliphatic heterocycles. The molecule has 1 atom stereocenters. The van der Waals surface area contributed by atoms with Crippen molar-refractivity contribution in [1.82, 2.24) is 9.97 Å². The Hall–Kier alpha value is -0.820. The van der Waals surface area contributed by atoms with Gasteiger partial charge < -0.3 is 4.98 Å². The van der Waals surface area contributed by atoms with Crippen LogP contribution in [0.5, 0.6) is 0 Å². The van der Waals surface area contributed by atoms with Gasteiger partial charge >= 0.3 is 0 Å². The van der Waals surface area contributed by atoms with E-state index in [4.69, 9.17) is 0 Å². The molecule has 0 aliphatic rings. The molecule has 0 fully saturated rings. The fraction of sp³-hybridized carbons (Fsp3) is 0.333. The van der Waals surface area contributed by atoms with Crippen LogP contribution in [0.4, 0.5) is 0 Å². The maximum Gasteiger partial charge on any atom is 0.265 e. The number of rotatable bonds is 5. The van der Waals surface area contributed by atoms with Gasteiger partial charge in [-0.15, -0.1) is 0 Å². The van der Waals surface area contributed by atoms with Gasteiger partial charge in [0.25, 0.3) is 5.56 Å². The van der Waals surface area contributed by atoms with Crippen LogP contribution in [0.1, 0.15) is 31.5 Å². The summed E-state index contributed by atoms with van der Waals surface area (Å²) < 4.78 is 0.681. The third-order valence-electron chi connectivity index (χ3n) is 3.01. The Morgan fingerprint density at radius 1 is 1.35 bits per heavy atom. The van der Waals surface area contributed by atoms with Gasteiger partial charge in [-0.25, -0.2) is 4.98 Å². The minimum Gasteiger partial charge on any atom is -0.301 e. The molecule has 0 amide bonds. The Morgan fingerprint density at radius 2 is 2.05 bits per heavy atom. The predicted octanol–water partition coefficient (Wildman–Crippen LogP) is 3.86. The summed E-state index contributed by atoms with van der Waals surface area (Å²) in [5.74, 6) is 0. The first-order valence-corrected chi connectivity index (χ1v) is 8.55. The highest BCUT2D eigenvalue weighted by Gasteiger charge is 2.11. The number of hydrogen-bond donors (Lipinski definition) is 1. The van der Waals surface area contributed by atoms with Crippen molar-refractivity contribution in [2.75, 3.05) is 0 Å². The zero-order chi connectivity index (χ0) is 14.5. The smallest absolute Gasteiger partial charge is 0.265 e. The first-order chi connectivity index (χ1) is 9.60. The molecule has 0 saturated carbocycles. The number of hydrogen-bond acceptors (Lipinski definition) is 3. The van der Waals surface area contributed by atoms with E-state index in [1.807, 2.05) is 18.2 Å². The predicted molar refractivity (Wildman–Crippen MR) is 92.4 cm³/mol. The SMILES string of the molecule is CCC(C)Sc1nc(Cc2ccccc2)c(I)c(=O)[nH]1. The second-order valence-corrected chi connectivity index (χ2v) is 7.14. The number of nitrogens with one attached hydrogen (secondary N) is 1. The van der Waals surface area contributed by atoms with Crippen LogP contribution < -0.4 is 5.56 Å². The number of aromatic amines is 1. The van der Waals surface area contributed by atoms with Gasteiger partial charge in [-0.2, -0.15) is 0 Å². The molecule has 1 N–H and O–H groups in total. The summed E-state index contributed by atoms with van der Waals surface area (Å²) in [6, 6.07) is 10.1. The fourth-order valence-corrected chi connectivity index (χ4v) is 3.03. The molecule has 20 heavy (non-hydrogen) atoms. The number of nitrogens with zero attached hydrogens (tertiary/aromatic N) is 1. The van der Waals surface area contributed by atoms with Crippen LogP contribution in [0.25, 0.3) is 0 Å². The van der Waals surface area contributed by atoms with Crippen LogP contribution in [0.3, 0.4) is 0 Å². The standard InChI is InChI=1S/C15H17IN2OS/c1-3-10(2)20-15-17-12(13(16)14(19)18-15)9-11-7-5-4-6-8-11/h4-8,10H,3,9H2,1-2H3,(H,17,18,19). The molecule has 1 unspecified atom stereocenters. The molecule has 3 nitrogen and oxygen atoms in total. The molecule has 2 aromatic rings. The van der Waals surface area contributed by atoms with E-state index in [-0.39, 0.29) is 5.56 Å². The van der Waals surface area contributed by atoms with Crippen LogP contribution in [0, 0.1) is 3.57 Å². The van der Waals surface area contributed by atoms with Gasteiger partial charge in [-0.3, -0.25) is 4.79 Å². The molecule has 0 spiro atoms. The monoisotopic (exact) mass is 400 g/mol. The van der Waals surface area contributed by atoms with E-state index in [0.29, 0.717) is 15.2 Å². The lowest BCUT2D eigenvalue weighted by Gasteiger charge is -2.09. The van der Waals surface area contributed by atoms with Crippen LogP contribution in [0.2, 0.25) is 0 Å². The normalized spacial score (nSPS) is 12.3. The number of aromatic nitrogens is 2. The Morgan fingerprint density at radius 3 is 2.70 bits per heavy atom. The summed E-state index contributed by atoms with van der Waals surface area (Å²) >= 11 is 3.70. The van der Waals surface area contributed by atoms with Crippen molar-refractivity contribution in [3.63, 3.8) is 0 Å². The molecular weight excluding hydrogens is 383 g/mol. The summed E-state index contributed by atoms with van der Waals surface area (Å²) in [5, 5.41) is 1.17. The van der Waals surface area contributed by atoms with E-state index in [9.17, 15) is 4.79 Å². The number of halogens is 1. The van der Waals surface area contributed by atoms with Crippen LogP contribution in [-0.4, -0.2) is 15.2 Å². The van der Waals surface area contributed by atoms with Crippen molar-refractivity contribution >= 4 is 34.4 Å². The molecule has 0 bridgehead atoms.